The molecule has 2 N–H and O–H groups in total. The van der Waals surface area contributed by atoms with E-state index in [0.717, 1.165) is 19.3 Å². The second-order valence-corrected chi connectivity index (χ2v) is 7.01. The number of nitrogens with zero attached hydrogens (tertiary/aromatic N) is 1. The molecule has 118 valence electrons. The molecule has 1 aromatic carbocycles. The van der Waals surface area contributed by atoms with Crippen LogP contribution in [0.3, 0.4) is 0 Å². The van der Waals surface area contributed by atoms with E-state index in [9.17, 15) is 12.8 Å². The second-order valence-electron chi connectivity index (χ2n) is 5.38. The third-order valence-corrected chi connectivity index (χ3v) is 5.33. The number of benzene rings is 1. The molecule has 0 radical (unpaired) electrons. The van der Waals surface area contributed by atoms with Crippen molar-refractivity contribution in [2.45, 2.75) is 32.2 Å². The molecule has 1 unspecified atom stereocenters. The third kappa shape index (κ3) is 3.93. The Morgan fingerprint density at radius 2 is 2.14 bits per heavy atom. The highest BCUT2D eigenvalue weighted by atomic mass is 32.2. The SMILES string of the molecule is CNCC1CCCCN1S(=O)(=O)Nc1ccc(F)cc1C. The lowest BCUT2D eigenvalue weighted by atomic mass is 10.1. The van der Waals surface area contributed by atoms with Crippen molar-refractivity contribution in [3.8, 4) is 0 Å². The Morgan fingerprint density at radius 3 is 2.81 bits per heavy atom. The summed E-state index contributed by atoms with van der Waals surface area (Å²) in [6, 6.07) is 3.99. The van der Waals surface area contributed by atoms with Crippen LogP contribution >= 0.6 is 0 Å². The van der Waals surface area contributed by atoms with E-state index in [1.165, 1.54) is 22.5 Å². The molecule has 1 aliphatic heterocycles. The first-order valence-corrected chi connectivity index (χ1v) is 8.58. The minimum absolute atomic E-state index is 0.0398. The zero-order valence-electron chi connectivity index (χ0n) is 12.4. The topological polar surface area (TPSA) is 61.4 Å². The summed E-state index contributed by atoms with van der Waals surface area (Å²) >= 11 is 0. The Bertz CT molecular complexity index is 590. The first-order valence-electron chi connectivity index (χ1n) is 7.14. The lowest BCUT2D eigenvalue weighted by Gasteiger charge is -2.34. The minimum atomic E-state index is -3.62. The number of piperidine rings is 1. The van der Waals surface area contributed by atoms with Gasteiger partial charge in [0.1, 0.15) is 5.82 Å². The van der Waals surface area contributed by atoms with Gasteiger partial charge in [-0.15, -0.1) is 0 Å². The third-order valence-electron chi connectivity index (χ3n) is 3.75. The summed E-state index contributed by atoms with van der Waals surface area (Å²) in [7, 11) is -1.81. The fourth-order valence-corrected chi connectivity index (χ4v) is 4.24. The number of nitrogens with one attached hydrogen (secondary N) is 2. The van der Waals surface area contributed by atoms with Crippen molar-refractivity contribution in [2.75, 3.05) is 24.9 Å². The van der Waals surface area contributed by atoms with Crippen molar-refractivity contribution in [3.63, 3.8) is 0 Å². The molecular formula is C14H22FN3O2S. The zero-order chi connectivity index (χ0) is 15.5. The molecule has 0 saturated carbocycles. The maximum atomic E-state index is 13.1. The molecule has 1 aliphatic rings. The van der Waals surface area contributed by atoms with Gasteiger partial charge in [-0.2, -0.15) is 12.7 Å². The van der Waals surface area contributed by atoms with Gasteiger partial charge in [0, 0.05) is 19.1 Å². The largest absolute Gasteiger partial charge is 0.318 e. The average molecular weight is 315 g/mol. The van der Waals surface area contributed by atoms with Crippen molar-refractivity contribution >= 4 is 15.9 Å². The summed E-state index contributed by atoms with van der Waals surface area (Å²) in [5.74, 6) is -0.374. The predicted molar refractivity (Wildman–Crippen MR) is 82.0 cm³/mol. The van der Waals surface area contributed by atoms with Gasteiger partial charge < -0.3 is 5.32 Å². The van der Waals surface area contributed by atoms with Crippen molar-refractivity contribution < 1.29 is 12.8 Å². The normalized spacial score (nSPS) is 20.4. The number of anilines is 1. The van der Waals surface area contributed by atoms with Crippen LogP contribution in [-0.2, 0) is 10.2 Å². The van der Waals surface area contributed by atoms with E-state index >= 15 is 0 Å². The lowest BCUT2D eigenvalue weighted by Crippen LogP contribution is -2.50. The monoisotopic (exact) mass is 315 g/mol. The van der Waals surface area contributed by atoms with E-state index in [4.69, 9.17) is 0 Å². The van der Waals surface area contributed by atoms with Gasteiger partial charge in [-0.1, -0.05) is 6.42 Å². The molecule has 5 nitrogen and oxygen atoms in total. The summed E-state index contributed by atoms with van der Waals surface area (Å²) in [6.07, 6.45) is 2.75. The van der Waals surface area contributed by atoms with Crippen molar-refractivity contribution in [3.05, 3.63) is 29.6 Å². The van der Waals surface area contributed by atoms with Crippen LogP contribution in [0.25, 0.3) is 0 Å². The molecule has 0 amide bonds. The molecule has 1 atom stereocenters. The predicted octanol–water partition coefficient (Wildman–Crippen LogP) is 1.86. The number of likely N-dealkylation sites (N-methyl/N-ethyl adjacent to an activating group) is 1. The van der Waals surface area contributed by atoms with Gasteiger partial charge in [0.2, 0.25) is 0 Å². The highest BCUT2D eigenvalue weighted by molar-refractivity contribution is 7.90. The standard InChI is InChI=1S/C14H22FN3O2S/c1-11-9-12(15)6-7-14(11)17-21(19,20)18-8-4-3-5-13(18)10-16-2/h6-7,9,13,16-17H,3-5,8,10H2,1-2H3. The fraction of sp³-hybridized carbons (Fsp3) is 0.571. The van der Waals surface area contributed by atoms with Crippen molar-refractivity contribution in [2.24, 2.45) is 0 Å². The van der Waals surface area contributed by atoms with Crippen LogP contribution in [-0.4, -0.2) is 38.9 Å². The van der Waals surface area contributed by atoms with Gasteiger partial charge in [-0.25, -0.2) is 4.39 Å². The number of hydrogen-bond acceptors (Lipinski definition) is 3. The zero-order valence-corrected chi connectivity index (χ0v) is 13.2. The van der Waals surface area contributed by atoms with Gasteiger partial charge in [-0.05, 0) is 50.6 Å². The summed E-state index contributed by atoms with van der Waals surface area (Å²) in [4.78, 5) is 0. The van der Waals surface area contributed by atoms with E-state index in [-0.39, 0.29) is 11.9 Å². The first kappa shape index (κ1) is 16.2. The molecule has 1 fully saturated rings. The quantitative estimate of drug-likeness (QED) is 0.872. The van der Waals surface area contributed by atoms with Crippen LogP contribution in [0.4, 0.5) is 10.1 Å². The smallest absolute Gasteiger partial charge is 0.301 e. The lowest BCUT2D eigenvalue weighted by molar-refractivity contribution is 0.250. The van der Waals surface area contributed by atoms with E-state index in [1.807, 2.05) is 7.05 Å². The molecule has 1 heterocycles. The fourth-order valence-electron chi connectivity index (χ4n) is 2.67. The Hall–Kier alpha value is -1.18. The first-order chi connectivity index (χ1) is 9.94. The van der Waals surface area contributed by atoms with Crippen LogP contribution in [0.15, 0.2) is 18.2 Å². The summed E-state index contributed by atoms with van der Waals surface area (Å²) in [5, 5.41) is 3.04. The van der Waals surface area contributed by atoms with E-state index < -0.39 is 10.2 Å². The molecule has 1 saturated heterocycles. The molecule has 1 aromatic rings. The molecule has 0 aliphatic carbocycles. The molecular weight excluding hydrogens is 293 g/mol. The molecule has 0 aromatic heterocycles. The second kappa shape index (κ2) is 6.72. The number of hydrogen-bond donors (Lipinski definition) is 2. The van der Waals surface area contributed by atoms with E-state index in [1.54, 1.807) is 6.92 Å². The molecule has 0 spiro atoms. The summed E-state index contributed by atoms with van der Waals surface area (Å²) < 4.78 is 42.3. The Morgan fingerprint density at radius 1 is 1.38 bits per heavy atom. The summed E-state index contributed by atoms with van der Waals surface area (Å²) in [6.45, 7) is 2.83. The van der Waals surface area contributed by atoms with Crippen LogP contribution < -0.4 is 10.0 Å². The van der Waals surface area contributed by atoms with E-state index in [0.29, 0.717) is 24.3 Å². The Balaban J connectivity index is 2.20. The van der Waals surface area contributed by atoms with Crippen LogP contribution in [0.2, 0.25) is 0 Å². The molecule has 7 heteroatoms. The Kier molecular flexibility index (Phi) is 5.18. The van der Waals surface area contributed by atoms with Gasteiger partial charge in [0.15, 0.2) is 0 Å². The maximum Gasteiger partial charge on any atom is 0.301 e. The molecule has 0 bridgehead atoms. The number of rotatable bonds is 5. The number of aryl methyl sites for hydroxylation is 1. The van der Waals surface area contributed by atoms with Gasteiger partial charge in [-0.3, -0.25) is 4.72 Å². The Labute approximate surface area is 125 Å². The van der Waals surface area contributed by atoms with Gasteiger partial charge in [0.05, 0.1) is 5.69 Å². The maximum absolute atomic E-state index is 13.1. The highest BCUT2D eigenvalue weighted by Gasteiger charge is 2.32. The van der Waals surface area contributed by atoms with Crippen molar-refractivity contribution in [1.82, 2.24) is 9.62 Å². The summed E-state index contributed by atoms with van der Waals surface area (Å²) in [5.41, 5.74) is 0.992. The van der Waals surface area contributed by atoms with Crippen LogP contribution in [0, 0.1) is 12.7 Å². The van der Waals surface area contributed by atoms with Crippen molar-refractivity contribution in [1.29, 1.82) is 0 Å². The highest BCUT2D eigenvalue weighted by Crippen LogP contribution is 2.23. The number of halogens is 1. The van der Waals surface area contributed by atoms with Crippen LogP contribution in [0.5, 0.6) is 0 Å². The molecule has 21 heavy (non-hydrogen) atoms. The van der Waals surface area contributed by atoms with E-state index in [2.05, 4.69) is 10.0 Å². The van der Waals surface area contributed by atoms with Gasteiger partial charge >= 0.3 is 10.2 Å². The average Bonchev–Trinajstić information content (AvgIpc) is 2.43. The minimum Gasteiger partial charge on any atom is -0.318 e. The molecule has 2 rings (SSSR count). The van der Waals surface area contributed by atoms with Crippen LogP contribution in [0.1, 0.15) is 24.8 Å². The van der Waals surface area contributed by atoms with Gasteiger partial charge in [0.25, 0.3) is 0 Å².